The van der Waals surface area contributed by atoms with Gasteiger partial charge in [0.05, 0.1) is 0 Å². The van der Waals surface area contributed by atoms with Crippen LogP contribution in [0.2, 0.25) is 22.6 Å². The minimum atomic E-state index is 0.292. The Morgan fingerprint density at radius 3 is 0.917 bits per heavy atom. The molecule has 0 aromatic carbocycles. The summed E-state index contributed by atoms with van der Waals surface area (Å²) in [6.07, 6.45) is 9.15. The van der Waals surface area contributed by atoms with E-state index in [9.17, 15) is 0 Å². The topological polar surface area (TPSA) is 0 Å². The minimum absolute atomic E-state index is 0.292. The van der Waals surface area contributed by atoms with Gasteiger partial charge in [-0.2, -0.15) is 0 Å². The molecule has 0 unspecified atom stereocenters. The van der Waals surface area contributed by atoms with Gasteiger partial charge in [0.15, 0.2) is 0 Å². The first kappa shape index (κ1) is 10.8. The van der Waals surface area contributed by atoms with Gasteiger partial charge in [-0.05, 0) is 0 Å². The molecule has 2 aliphatic heterocycles. The molecule has 12 heavy (non-hydrogen) atoms. The molecular weight excluding hydrogens is 221 g/mol. The van der Waals surface area contributed by atoms with Crippen molar-refractivity contribution in [2.75, 3.05) is 0 Å². The summed E-state index contributed by atoms with van der Waals surface area (Å²) in [6.45, 7) is 0. The quantitative estimate of drug-likeness (QED) is 0.574. The number of hydrogen-bond donors (Lipinski definition) is 0. The van der Waals surface area contributed by atoms with Crippen LogP contribution < -0.4 is 0 Å². The van der Waals surface area contributed by atoms with E-state index in [1.54, 1.807) is 35.4 Å². The molecule has 0 radical (unpaired) electrons. The predicted octanol–water partition coefficient (Wildman–Crippen LogP) is 2.35. The number of rotatable bonds is 0. The number of hydrogen-bond acceptors (Lipinski definition) is 0. The van der Waals surface area contributed by atoms with E-state index in [1.165, 1.54) is 25.7 Å². The summed E-state index contributed by atoms with van der Waals surface area (Å²) >= 11 is 0.292. The molecule has 0 aromatic rings. The molecule has 0 bridgehead atoms. The van der Waals surface area contributed by atoms with Gasteiger partial charge in [0.25, 0.3) is 0 Å². The van der Waals surface area contributed by atoms with Crippen LogP contribution in [0.5, 0.6) is 0 Å². The maximum absolute atomic E-state index is 1.69. The summed E-state index contributed by atoms with van der Waals surface area (Å²) in [6, 6.07) is 3.28. The second-order valence-corrected chi connectivity index (χ2v) is 10.8. The van der Waals surface area contributed by atoms with Crippen LogP contribution in [0.25, 0.3) is 0 Å². The van der Waals surface area contributed by atoms with Crippen molar-refractivity contribution in [3.63, 3.8) is 0 Å². The first-order valence-electron chi connectivity index (χ1n) is 6.00. The zero-order valence-corrected chi connectivity index (χ0v) is 12.9. The molecule has 0 nitrogen and oxygen atoms in total. The maximum atomic E-state index is 1.69. The third kappa shape index (κ3) is 6.29. The van der Waals surface area contributed by atoms with Gasteiger partial charge < -0.3 is 0 Å². The van der Waals surface area contributed by atoms with Crippen molar-refractivity contribution in [1.82, 2.24) is 0 Å². The fourth-order valence-corrected chi connectivity index (χ4v) is 2.30. The van der Waals surface area contributed by atoms with E-state index in [1.807, 2.05) is 0 Å². The Morgan fingerprint density at radius 2 is 0.917 bits per heavy atom. The second-order valence-electron chi connectivity index (χ2n) is 4.24. The molecule has 2 heterocycles. The summed E-state index contributed by atoms with van der Waals surface area (Å²) < 4.78 is 0. The molecule has 0 N–H and O–H groups in total. The fraction of sp³-hybridized carbons (Fsp3) is 1.00. The Labute approximate surface area is 86.2 Å². The van der Waals surface area contributed by atoms with E-state index in [0.29, 0.717) is 25.0 Å². The Morgan fingerprint density at radius 1 is 0.667 bits per heavy atom. The zero-order chi connectivity index (χ0) is 8.49. The molecule has 3 rings (SSSR count). The van der Waals surface area contributed by atoms with Gasteiger partial charge in [-0.1, -0.05) is 44.2 Å². The summed E-state index contributed by atoms with van der Waals surface area (Å²) in [5, 5.41) is 3.38. The molecule has 0 aromatic heterocycles. The second kappa shape index (κ2) is 8.36. The molecule has 72 valence electrons. The van der Waals surface area contributed by atoms with Crippen LogP contribution in [-0.4, -0.2) is 25.0 Å². The fourth-order valence-electron chi connectivity index (χ4n) is 0.750. The molecule has 0 atom stereocenters. The monoisotopic (exact) mass is 246 g/mol. The Bertz CT molecular complexity index is 52.8. The molecular formula is C10H24GeSi. The van der Waals surface area contributed by atoms with E-state index < -0.39 is 0 Å². The molecule has 1 saturated carbocycles. The van der Waals surface area contributed by atoms with Gasteiger partial charge in [-0.25, -0.2) is 0 Å². The van der Waals surface area contributed by atoms with Crippen LogP contribution in [0.4, 0.5) is 0 Å². The van der Waals surface area contributed by atoms with Crippen LogP contribution in [0.15, 0.2) is 0 Å². The van der Waals surface area contributed by atoms with Crippen molar-refractivity contribution in [2.24, 2.45) is 0 Å². The summed E-state index contributed by atoms with van der Waals surface area (Å²) in [5.74, 6) is 0. The van der Waals surface area contributed by atoms with E-state index >= 15 is 0 Å². The first-order valence-corrected chi connectivity index (χ1v) is 12.2. The van der Waals surface area contributed by atoms with Gasteiger partial charge >= 0.3 is 32.4 Å². The van der Waals surface area contributed by atoms with Gasteiger partial charge in [0, 0.05) is 9.52 Å². The molecule has 0 spiro atoms. The van der Waals surface area contributed by atoms with Gasteiger partial charge in [0.1, 0.15) is 0 Å². The van der Waals surface area contributed by atoms with E-state index in [0.717, 1.165) is 0 Å². The average molecular weight is 245 g/mol. The van der Waals surface area contributed by atoms with Crippen molar-refractivity contribution in [2.45, 2.75) is 61.1 Å². The Balaban J connectivity index is 0.0000000900. The van der Waals surface area contributed by atoms with E-state index in [-0.39, 0.29) is 0 Å². The normalized spacial score (nSPS) is 24.0. The SMILES string of the molecule is C1CCC1.C1C[SiH2]C1.C1[CH2][GeH2][CH2]1. The zero-order valence-electron chi connectivity index (χ0n) is 8.49. The Hall–Kier alpha value is 0.760. The van der Waals surface area contributed by atoms with Crippen molar-refractivity contribution in [3.8, 4) is 0 Å². The van der Waals surface area contributed by atoms with Crippen LogP contribution in [0, 0.1) is 0 Å². The molecule has 3 aliphatic rings. The van der Waals surface area contributed by atoms with Crippen LogP contribution in [0.1, 0.15) is 38.5 Å². The predicted molar refractivity (Wildman–Crippen MR) is 64.0 cm³/mol. The van der Waals surface area contributed by atoms with Gasteiger partial charge in [-0.15, -0.1) is 0 Å². The third-order valence-electron chi connectivity index (χ3n) is 3.00. The Kier molecular flexibility index (Phi) is 7.55. The standard InChI is InChI=1S/C4H8.C3H8Ge.C3H8Si/c3*1-2-4-3-1/h3*1-4H2. The van der Waals surface area contributed by atoms with Crippen molar-refractivity contribution < 1.29 is 0 Å². The molecule has 0 amide bonds. The molecule has 1 aliphatic carbocycles. The first-order chi connectivity index (χ1) is 6.00. The third-order valence-corrected chi connectivity index (χ3v) is 9.20. The van der Waals surface area contributed by atoms with Gasteiger partial charge in [-0.3, -0.25) is 0 Å². The average Bonchev–Trinajstić information content (AvgIpc) is 1.41. The van der Waals surface area contributed by atoms with Crippen LogP contribution in [0.3, 0.4) is 0 Å². The summed E-state index contributed by atoms with van der Waals surface area (Å²) in [5.41, 5.74) is 0. The van der Waals surface area contributed by atoms with Crippen molar-refractivity contribution in [1.29, 1.82) is 0 Å². The summed E-state index contributed by atoms with van der Waals surface area (Å²) in [4.78, 5) is 0. The van der Waals surface area contributed by atoms with Crippen molar-refractivity contribution in [3.05, 3.63) is 0 Å². The van der Waals surface area contributed by atoms with Crippen LogP contribution in [-0.2, 0) is 0 Å². The summed E-state index contributed by atoms with van der Waals surface area (Å²) in [7, 11) is 0.605. The van der Waals surface area contributed by atoms with Crippen molar-refractivity contribution >= 4 is 25.0 Å². The van der Waals surface area contributed by atoms with E-state index in [4.69, 9.17) is 0 Å². The van der Waals surface area contributed by atoms with Gasteiger partial charge in [0.2, 0.25) is 0 Å². The molecule has 2 heteroatoms. The molecule has 3 fully saturated rings. The molecule has 2 saturated heterocycles. The van der Waals surface area contributed by atoms with E-state index in [2.05, 4.69) is 0 Å². The van der Waals surface area contributed by atoms with Crippen LogP contribution >= 0.6 is 0 Å².